The number of halogens is 1. The van der Waals surface area contributed by atoms with E-state index in [4.69, 9.17) is 0 Å². The van der Waals surface area contributed by atoms with Gasteiger partial charge >= 0.3 is 0 Å². The minimum absolute atomic E-state index is 0.0618. The zero-order chi connectivity index (χ0) is 18.3. The molecular weight excluding hydrogens is 331 g/mol. The van der Waals surface area contributed by atoms with Crippen LogP contribution in [0.2, 0.25) is 0 Å². The highest BCUT2D eigenvalue weighted by atomic mass is 19.1. The topological polar surface area (TPSA) is 51.0 Å². The summed E-state index contributed by atoms with van der Waals surface area (Å²) in [5, 5.41) is 4.21. The number of aryl methyl sites for hydroxylation is 1. The van der Waals surface area contributed by atoms with Crippen LogP contribution in [0.15, 0.2) is 48.9 Å². The number of hydrogen-bond donors (Lipinski definition) is 0. The summed E-state index contributed by atoms with van der Waals surface area (Å²) in [6, 6.07) is 8.02. The van der Waals surface area contributed by atoms with Crippen LogP contribution in [-0.2, 0) is 13.5 Å². The first-order valence-electron chi connectivity index (χ1n) is 8.58. The van der Waals surface area contributed by atoms with Crippen molar-refractivity contribution < 1.29 is 9.18 Å². The fourth-order valence-corrected chi connectivity index (χ4v) is 3.55. The van der Waals surface area contributed by atoms with Crippen LogP contribution in [0.1, 0.15) is 34.6 Å². The molecule has 5 nitrogen and oxygen atoms in total. The van der Waals surface area contributed by atoms with E-state index in [-0.39, 0.29) is 17.8 Å². The third kappa shape index (κ3) is 2.77. The van der Waals surface area contributed by atoms with Crippen molar-refractivity contribution in [1.82, 2.24) is 19.7 Å². The zero-order valence-electron chi connectivity index (χ0n) is 14.7. The lowest BCUT2D eigenvalue weighted by molar-refractivity contribution is 0.0671. The molecule has 0 saturated carbocycles. The van der Waals surface area contributed by atoms with E-state index in [9.17, 15) is 9.18 Å². The van der Waals surface area contributed by atoms with Crippen molar-refractivity contribution in [3.63, 3.8) is 0 Å². The van der Waals surface area contributed by atoms with E-state index in [1.54, 1.807) is 40.2 Å². The first kappa shape index (κ1) is 16.4. The SMILES string of the molecule is CC(c1cc(F)ccc1-c1cnn(C)c1)N1CCc2ncccc2C1=O. The van der Waals surface area contributed by atoms with E-state index in [0.717, 1.165) is 22.4 Å². The Balaban J connectivity index is 1.74. The van der Waals surface area contributed by atoms with Crippen molar-refractivity contribution in [3.05, 3.63) is 71.6 Å². The summed E-state index contributed by atoms with van der Waals surface area (Å²) in [5.74, 6) is -0.376. The van der Waals surface area contributed by atoms with Crippen LogP contribution in [0, 0.1) is 5.82 Å². The Kier molecular flexibility index (Phi) is 4.03. The Morgan fingerprint density at radius 1 is 1.23 bits per heavy atom. The summed E-state index contributed by atoms with van der Waals surface area (Å²) < 4.78 is 15.7. The highest BCUT2D eigenvalue weighted by Crippen LogP contribution is 2.34. The second kappa shape index (κ2) is 6.37. The van der Waals surface area contributed by atoms with E-state index < -0.39 is 0 Å². The molecule has 0 N–H and O–H groups in total. The minimum atomic E-state index is -0.314. The number of pyridine rings is 1. The first-order valence-corrected chi connectivity index (χ1v) is 8.58. The number of carbonyl (C=O) groups is 1. The van der Waals surface area contributed by atoms with E-state index in [0.29, 0.717) is 18.5 Å². The largest absolute Gasteiger partial charge is 0.331 e. The molecule has 1 aliphatic rings. The Hall–Kier alpha value is -3.02. The molecule has 1 aromatic carbocycles. The van der Waals surface area contributed by atoms with Gasteiger partial charge in [-0.3, -0.25) is 14.5 Å². The zero-order valence-corrected chi connectivity index (χ0v) is 14.7. The normalized spacial score (nSPS) is 15.0. The predicted molar refractivity (Wildman–Crippen MR) is 96.0 cm³/mol. The van der Waals surface area contributed by atoms with Gasteiger partial charge in [-0.05, 0) is 42.3 Å². The van der Waals surface area contributed by atoms with E-state index in [1.807, 2.05) is 20.2 Å². The molecule has 1 aliphatic heterocycles. The van der Waals surface area contributed by atoms with Crippen molar-refractivity contribution in [2.24, 2.45) is 7.05 Å². The van der Waals surface area contributed by atoms with Gasteiger partial charge in [0.25, 0.3) is 5.91 Å². The Bertz CT molecular complexity index is 981. The molecule has 132 valence electrons. The molecule has 2 aromatic heterocycles. The number of nitrogens with zero attached hydrogens (tertiary/aromatic N) is 4. The number of rotatable bonds is 3. The van der Waals surface area contributed by atoms with E-state index >= 15 is 0 Å². The molecule has 0 bridgehead atoms. The molecule has 0 aliphatic carbocycles. The smallest absolute Gasteiger partial charge is 0.256 e. The lowest BCUT2D eigenvalue weighted by Gasteiger charge is -2.34. The quantitative estimate of drug-likeness (QED) is 0.728. The van der Waals surface area contributed by atoms with E-state index in [1.165, 1.54) is 12.1 Å². The highest BCUT2D eigenvalue weighted by Gasteiger charge is 2.30. The molecular formula is C20H19FN4O. The molecule has 26 heavy (non-hydrogen) atoms. The van der Waals surface area contributed by atoms with Crippen LogP contribution in [0.25, 0.3) is 11.1 Å². The molecule has 4 rings (SSSR count). The van der Waals surface area contributed by atoms with Crippen molar-refractivity contribution in [2.45, 2.75) is 19.4 Å². The maximum absolute atomic E-state index is 14.0. The molecule has 0 fully saturated rings. The van der Waals surface area contributed by atoms with Gasteiger partial charge in [-0.1, -0.05) is 6.07 Å². The van der Waals surface area contributed by atoms with Gasteiger partial charge in [-0.15, -0.1) is 0 Å². The molecule has 3 heterocycles. The van der Waals surface area contributed by atoms with Crippen LogP contribution in [-0.4, -0.2) is 32.1 Å². The maximum atomic E-state index is 14.0. The minimum Gasteiger partial charge on any atom is -0.331 e. The number of benzene rings is 1. The summed E-state index contributed by atoms with van der Waals surface area (Å²) in [6.45, 7) is 2.50. The molecule has 1 amide bonds. The van der Waals surface area contributed by atoms with Gasteiger partial charge in [0.1, 0.15) is 5.82 Å². The molecule has 3 aromatic rings. The number of amides is 1. The second-order valence-corrected chi connectivity index (χ2v) is 6.56. The third-order valence-electron chi connectivity index (χ3n) is 4.92. The number of carbonyl (C=O) groups excluding carboxylic acids is 1. The van der Waals surface area contributed by atoms with Crippen molar-refractivity contribution in [1.29, 1.82) is 0 Å². The van der Waals surface area contributed by atoms with Crippen LogP contribution >= 0.6 is 0 Å². The molecule has 0 saturated heterocycles. The molecule has 6 heteroatoms. The predicted octanol–water partition coefficient (Wildman–Crippen LogP) is 3.38. The third-order valence-corrected chi connectivity index (χ3v) is 4.92. The van der Waals surface area contributed by atoms with Crippen LogP contribution in [0.3, 0.4) is 0 Å². The Morgan fingerprint density at radius 3 is 2.85 bits per heavy atom. The lowest BCUT2D eigenvalue weighted by atomic mass is 9.94. The average molecular weight is 350 g/mol. The molecule has 1 unspecified atom stereocenters. The molecule has 1 atom stereocenters. The lowest BCUT2D eigenvalue weighted by Crippen LogP contribution is -2.39. The van der Waals surface area contributed by atoms with Crippen molar-refractivity contribution in [3.8, 4) is 11.1 Å². The van der Waals surface area contributed by atoms with Crippen LogP contribution < -0.4 is 0 Å². The number of hydrogen-bond acceptors (Lipinski definition) is 3. The van der Waals surface area contributed by atoms with Gasteiger partial charge in [0.15, 0.2) is 0 Å². The van der Waals surface area contributed by atoms with Gasteiger partial charge in [0, 0.05) is 38.0 Å². The number of fused-ring (bicyclic) bond motifs is 1. The molecule has 0 spiro atoms. The van der Waals surface area contributed by atoms with Crippen LogP contribution in [0.5, 0.6) is 0 Å². The van der Waals surface area contributed by atoms with Crippen molar-refractivity contribution in [2.75, 3.05) is 6.54 Å². The van der Waals surface area contributed by atoms with Gasteiger partial charge < -0.3 is 4.90 Å². The summed E-state index contributed by atoms with van der Waals surface area (Å²) in [4.78, 5) is 19.0. The van der Waals surface area contributed by atoms with Gasteiger partial charge in [-0.25, -0.2) is 4.39 Å². The van der Waals surface area contributed by atoms with E-state index in [2.05, 4.69) is 10.1 Å². The standard InChI is InChI=1S/C20H19FN4O/c1-13(25-9-7-19-17(20(25)26)4-3-8-22-19)18-10-15(21)5-6-16(18)14-11-23-24(2)12-14/h3-6,8,10-13H,7,9H2,1-2H3. The summed E-state index contributed by atoms with van der Waals surface area (Å²) >= 11 is 0. The Labute approximate surface area is 151 Å². The van der Waals surface area contributed by atoms with Gasteiger partial charge in [0.2, 0.25) is 0 Å². The first-order chi connectivity index (χ1) is 12.5. The maximum Gasteiger partial charge on any atom is 0.256 e. The second-order valence-electron chi connectivity index (χ2n) is 6.56. The summed E-state index contributed by atoms with van der Waals surface area (Å²) in [6.07, 6.45) is 6.05. The Morgan fingerprint density at radius 2 is 2.08 bits per heavy atom. The summed E-state index contributed by atoms with van der Waals surface area (Å²) in [7, 11) is 1.84. The highest BCUT2D eigenvalue weighted by molar-refractivity contribution is 5.96. The monoisotopic (exact) mass is 350 g/mol. The van der Waals surface area contributed by atoms with Gasteiger partial charge in [0.05, 0.1) is 23.5 Å². The molecule has 0 radical (unpaired) electrons. The fraction of sp³-hybridized carbons (Fsp3) is 0.250. The number of aromatic nitrogens is 3. The fourth-order valence-electron chi connectivity index (χ4n) is 3.55. The van der Waals surface area contributed by atoms with Gasteiger partial charge in [-0.2, -0.15) is 5.10 Å². The van der Waals surface area contributed by atoms with Crippen LogP contribution in [0.4, 0.5) is 4.39 Å². The average Bonchev–Trinajstić information content (AvgIpc) is 3.08. The van der Waals surface area contributed by atoms with Crippen molar-refractivity contribution >= 4 is 5.91 Å². The summed E-state index contributed by atoms with van der Waals surface area (Å²) in [5.41, 5.74) is 4.02.